The van der Waals surface area contributed by atoms with Crippen LogP contribution in [0.2, 0.25) is 0 Å². The van der Waals surface area contributed by atoms with Crippen LogP contribution in [0.5, 0.6) is 0 Å². The molecule has 0 bridgehead atoms. The lowest BCUT2D eigenvalue weighted by Gasteiger charge is -2.47. The van der Waals surface area contributed by atoms with Gasteiger partial charge in [0.1, 0.15) is 5.82 Å². The van der Waals surface area contributed by atoms with E-state index in [-0.39, 0.29) is 5.54 Å². The number of imidazole rings is 1. The van der Waals surface area contributed by atoms with Crippen LogP contribution in [0.15, 0.2) is 0 Å². The molecule has 4 rings (SSSR count). The summed E-state index contributed by atoms with van der Waals surface area (Å²) < 4.78 is 13.8. The van der Waals surface area contributed by atoms with E-state index in [9.17, 15) is 0 Å². The number of aryl methyl sites for hydroxylation is 1. The van der Waals surface area contributed by atoms with Gasteiger partial charge in [0.15, 0.2) is 0 Å². The average molecular weight is 348 g/mol. The monoisotopic (exact) mass is 348 g/mol. The van der Waals surface area contributed by atoms with E-state index in [4.69, 9.17) is 14.5 Å². The molecule has 1 unspecified atom stereocenters. The van der Waals surface area contributed by atoms with Gasteiger partial charge in [0, 0.05) is 39.0 Å². The lowest BCUT2D eigenvalue weighted by molar-refractivity contribution is -0.0851. The van der Waals surface area contributed by atoms with Gasteiger partial charge < -0.3 is 19.4 Å². The van der Waals surface area contributed by atoms with Crippen LogP contribution in [0.4, 0.5) is 0 Å². The van der Waals surface area contributed by atoms with Crippen molar-refractivity contribution in [1.29, 1.82) is 0 Å². The second-order valence-corrected chi connectivity index (χ2v) is 7.77. The number of rotatable bonds is 5. The van der Waals surface area contributed by atoms with Crippen molar-refractivity contribution in [3.8, 4) is 0 Å². The normalized spacial score (nSPS) is 28.0. The van der Waals surface area contributed by atoms with E-state index in [1.54, 1.807) is 0 Å². The third-order valence-corrected chi connectivity index (χ3v) is 6.19. The van der Waals surface area contributed by atoms with Gasteiger partial charge in [0.2, 0.25) is 0 Å². The summed E-state index contributed by atoms with van der Waals surface area (Å²) in [7, 11) is 2.18. The van der Waals surface area contributed by atoms with Crippen molar-refractivity contribution in [3.05, 3.63) is 17.2 Å². The van der Waals surface area contributed by atoms with E-state index in [0.717, 1.165) is 65.4 Å². The maximum absolute atomic E-state index is 5.89. The van der Waals surface area contributed by atoms with E-state index in [0.29, 0.717) is 0 Å². The molecule has 2 aliphatic heterocycles. The molecular formula is C19H32N4O2. The van der Waals surface area contributed by atoms with Gasteiger partial charge in [-0.1, -0.05) is 0 Å². The van der Waals surface area contributed by atoms with Crippen molar-refractivity contribution in [3.63, 3.8) is 0 Å². The van der Waals surface area contributed by atoms with Crippen LogP contribution < -0.4 is 5.32 Å². The van der Waals surface area contributed by atoms with E-state index < -0.39 is 0 Å². The zero-order chi connectivity index (χ0) is 17.1. The lowest BCUT2D eigenvalue weighted by Crippen LogP contribution is -2.62. The van der Waals surface area contributed by atoms with Crippen molar-refractivity contribution < 1.29 is 9.47 Å². The first-order valence-corrected chi connectivity index (χ1v) is 9.93. The molecule has 140 valence electrons. The average Bonchev–Trinajstić information content (AvgIpc) is 2.99. The van der Waals surface area contributed by atoms with E-state index in [1.165, 1.54) is 42.9 Å². The predicted octanol–water partition coefficient (Wildman–Crippen LogP) is 1.27. The molecule has 1 N–H and O–H groups in total. The highest BCUT2D eigenvalue weighted by Gasteiger charge is 2.39. The number of nitrogens with zero attached hydrogens (tertiary/aromatic N) is 3. The third-order valence-electron chi connectivity index (χ3n) is 6.19. The molecule has 0 radical (unpaired) electrons. The van der Waals surface area contributed by atoms with Crippen LogP contribution in [0.1, 0.15) is 42.9 Å². The molecule has 0 spiro atoms. The summed E-state index contributed by atoms with van der Waals surface area (Å²) >= 11 is 0. The number of morpholine rings is 1. The van der Waals surface area contributed by atoms with Crippen LogP contribution in [-0.2, 0) is 35.9 Å². The van der Waals surface area contributed by atoms with Gasteiger partial charge in [-0.05, 0) is 38.5 Å². The number of aromatic nitrogens is 2. The minimum absolute atomic E-state index is 0.118. The van der Waals surface area contributed by atoms with E-state index in [2.05, 4.69) is 21.8 Å². The summed E-state index contributed by atoms with van der Waals surface area (Å²) in [4.78, 5) is 7.49. The minimum atomic E-state index is 0.118. The summed E-state index contributed by atoms with van der Waals surface area (Å²) in [6, 6.07) is 0. The summed E-state index contributed by atoms with van der Waals surface area (Å²) in [5.41, 5.74) is 2.90. The molecule has 1 aromatic rings. The van der Waals surface area contributed by atoms with Crippen LogP contribution in [-0.4, -0.2) is 66.1 Å². The fourth-order valence-electron chi connectivity index (χ4n) is 4.68. The first-order chi connectivity index (χ1) is 12.3. The minimum Gasteiger partial charge on any atom is -0.379 e. The number of hydrogen-bond acceptors (Lipinski definition) is 5. The van der Waals surface area contributed by atoms with Gasteiger partial charge in [0.05, 0.1) is 37.6 Å². The Bertz CT molecular complexity index is 574. The smallest absolute Gasteiger partial charge is 0.122 e. The van der Waals surface area contributed by atoms with Crippen molar-refractivity contribution in [2.24, 2.45) is 7.05 Å². The predicted molar refractivity (Wildman–Crippen MR) is 96.7 cm³/mol. The molecule has 2 fully saturated rings. The molecule has 2 saturated heterocycles. The molecular weight excluding hydrogens is 316 g/mol. The van der Waals surface area contributed by atoms with Crippen LogP contribution in [0.3, 0.4) is 0 Å². The standard InChI is InChI=1S/C19H32N4O2/c1-22-17-6-3-2-5-16(17)21-18(22)13-20-14-19(7-4-10-25-15-19)23-8-11-24-12-9-23/h20H,2-15H2,1H3. The molecule has 3 heterocycles. The Morgan fingerprint density at radius 2 is 1.92 bits per heavy atom. The SMILES string of the molecule is Cn1c(CNCC2(N3CCOCC3)CCCOC2)nc2c1CCCC2. The molecule has 1 aromatic heterocycles. The van der Waals surface area contributed by atoms with Gasteiger partial charge in [0.25, 0.3) is 0 Å². The van der Waals surface area contributed by atoms with Gasteiger partial charge in [-0.15, -0.1) is 0 Å². The maximum Gasteiger partial charge on any atom is 0.122 e. The van der Waals surface area contributed by atoms with Gasteiger partial charge >= 0.3 is 0 Å². The second-order valence-electron chi connectivity index (χ2n) is 7.77. The Kier molecular flexibility index (Phi) is 5.41. The Labute approximate surface area is 150 Å². The number of fused-ring (bicyclic) bond motifs is 1. The fourth-order valence-corrected chi connectivity index (χ4v) is 4.68. The molecule has 1 aliphatic carbocycles. The first kappa shape index (κ1) is 17.5. The summed E-state index contributed by atoms with van der Waals surface area (Å²) in [5.74, 6) is 1.18. The van der Waals surface area contributed by atoms with Crippen LogP contribution >= 0.6 is 0 Å². The third kappa shape index (κ3) is 3.63. The summed E-state index contributed by atoms with van der Waals surface area (Å²) in [5, 5.41) is 3.71. The highest BCUT2D eigenvalue weighted by atomic mass is 16.5. The largest absolute Gasteiger partial charge is 0.379 e. The fraction of sp³-hybridized carbons (Fsp3) is 0.842. The van der Waals surface area contributed by atoms with Crippen molar-refractivity contribution in [2.75, 3.05) is 46.1 Å². The Morgan fingerprint density at radius 1 is 1.08 bits per heavy atom. The van der Waals surface area contributed by atoms with Crippen LogP contribution in [0, 0.1) is 0 Å². The molecule has 6 heteroatoms. The molecule has 1 atom stereocenters. The molecule has 3 aliphatic rings. The lowest BCUT2D eigenvalue weighted by atomic mass is 9.89. The van der Waals surface area contributed by atoms with Gasteiger partial charge in [-0.25, -0.2) is 4.98 Å². The van der Waals surface area contributed by atoms with Gasteiger partial charge in [-0.3, -0.25) is 4.90 Å². The molecule has 6 nitrogen and oxygen atoms in total. The highest BCUT2D eigenvalue weighted by molar-refractivity contribution is 5.20. The first-order valence-electron chi connectivity index (χ1n) is 9.93. The summed E-state index contributed by atoms with van der Waals surface area (Å²) in [6.45, 7) is 7.25. The summed E-state index contributed by atoms with van der Waals surface area (Å²) in [6.07, 6.45) is 7.27. The Hall–Kier alpha value is -0.950. The molecule has 0 aromatic carbocycles. The molecule has 25 heavy (non-hydrogen) atoms. The second kappa shape index (κ2) is 7.74. The van der Waals surface area contributed by atoms with E-state index in [1.807, 2.05) is 0 Å². The van der Waals surface area contributed by atoms with Crippen LogP contribution in [0.25, 0.3) is 0 Å². The van der Waals surface area contributed by atoms with Crippen molar-refractivity contribution >= 4 is 0 Å². The molecule has 0 amide bonds. The number of nitrogens with one attached hydrogen (secondary N) is 1. The quantitative estimate of drug-likeness (QED) is 0.868. The number of ether oxygens (including phenoxy) is 2. The van der Waals surface area contributed by atoms with E-state index >= 15 is 0 Å². The highest BCUT2D eigenvalue weighted by Crippen LogP contribution is 2.27. The zero-order valence-electron chi connectivity index (χ0n) is 15.6. The Balaban J connectivity index is 1.40. The maximum atomic E-state index is 5.89. The number of hydrogen-bond donors (Lipinski definition) is 1. The van der Waals surface area contributed by atoms with Crippen molar-refractivity contribution in [1.82, 2.24) is 19.8 Å². The zero-order valence-corrected chi connectivity index (χ0v) is 15.6. The van der Waals surface area contributed by atoms with Crippen molar-refractivity contribution in [2.45, 2.75) is 50.6 Å². The van der Waals surface area contributed by atoms with Gasteiger partial charge in [-0.2, -0.15) is 0 Å². The molecule has 0 saturated carbocycles. The topological polar surface area (TPSA) is 51.6 Å². The Morgan fingerprint density at radius 3 is 2.68 bits per heavy atom.